The van der Waals surface area contributed by atoms with Crippen LogP contribution < -0.4 is 49.1 Å². The van der Waals surface area contributed by atoms with Gasteiger partial charge in [0.1, 0.15) is 30.0 Å². The highest BCUT2D eigenvalue weighted by Gasteiger charge is 2.35. The summed E-state index contributed by atoms with van der Waals surface area (Å²) in [4.78, 5) is 136. The normalized spacial score (nSPS) is 20.2. The number of aromatic amines is 1. The Hall–Kier alpha value is -7.97. The smallest absolute Gasteiger partial charge is 0.243 e. The van der Waals surface area contributed by atoms with Gasteiger partial charge in [0, 0.05) is 75.8 Å². The Kier molecular flexibility index (Phi) is 22.2. The lowest BCUT2D eigenvalue weighted by Crippen LogP contribution is -2.58. The second-order valence-electron chi connectivity index (χ2n) is 18.8. The van der Waals surface area contributed by atoms with Crippen molar-refractivity contribution in [1.29, 1.82) is 0 Å². The number of amides is 7. The molecule has 396 valence electrons. The highest BCUT2D eigenvalue weighted by Crippen LogP contribution is 2.23. The lowest BCUT2D eigenvalue weighted by Gasteiger charge is -2.27. The number of guanidine groups is 1. The topological polar surface area (TPSA) is 345 Å². The molecule has 0 aliphatic carbocycles. The van der Waals surface area contributed by atoms with Gasteiger partial charge in [-0.2, -0.15) is 0 Å². The van der Waals surface area contributed by atoms with Crippen molar-refractivity contribution in [2.75, 3.05) is 13.1 Å². The molecule has 1 saturated heterocycles. The number of nitrogens with two attached hydrogens (primary N) is 3. The number of Topliss-reactive ketones (excluding diaryl/α,β-unsaturated/α-hetero) is 2. The van der Waals surface area contributed by atoms with Crippen molar-refractivity contribution in [3.63, 3.8) is 0 Å². The number of benzene rings is 3. The average molecular weight is 1020 g/mol. The van der Waals surface area contributed by atoms with Crippen LogP contribution in [0.3, 0.4) is 0 Å². The maximum absolute atomic E-state index is 14.7. The van der Waals surface area contributed by atoms with Gasteiger partial charge < -0.3 is 54.1 Å². The van der Waals surface area contributed by atoms with Gasteiger partial charge in [0.05, 0.1) is 12.4 Å². The number of unbranched alkanes of at least 4 members (excludes halogenated alkanes) is 1. The van der Waals surface area contributed by atoms with Crippen molar-refractivity contribution >= 4 is 69.6 Å². The number of imidazole rings is 1. The first-order valence-electron chi connectivity index (χ1n) is 25.1. The third-order valence-electron chi connectivity index (χ3n) is 12.9. The summed E-state index contributed by atoms with van der Waals surface area (Å²) in [6.45, 7) is 3.16. The van der Waals surface area contributed by atoms with E-state index in [0.29, 0.717) is 24.1 Å². The molecular formula is C53H70N12O9. The molecule has 2 heterocycles. The van der Waals surface area contributed by atoms with Crippen LogP contribution in [0.15, 0.2) is 90.3 Å². The number of hydrogen-bond donors (Lipinski definition) is 10. The van der Waals surface area contributed by atoms with E-state index in [1.54, 1.807) is 30.3 Å². The summed E-state index contributed by atoms with van der Waals surface area (Å²) in [5.74, 6) is -8.16. The first-order chi connectivity index (χ1) is 35.5. The highest BCUT2D eigenvalue weighted by atomic mass is 16.2. The number of carbonyl (C=O) groups is 9. The summed E-state index contributed by atoms with van der Waals surface area (Å²) in [7, 11) is 0. The summed E-state index contributed by atoms with van der Waals surface area (Å²) in [6, 6.07) is 15.9. The van der Waals surface area contributed by atoms with Crippen molar-refractivity contribution in [1.82, 2.24) is 41.9 Å². The fraction of sp³-hybridized carbons (Fsp3) is 0.453. The monoisotopic (exact) mass is 1020 g/mol. The van der Waals surface area contributed by atoms with E-state index in [9.17, 15) is 43.2 Å². The van der Waals surface area contributed by atoms with Crippen LogP contribution in [0, 0.1) is 11.8 Å². The molecule has 5 rings (SSSR count). The third-order valence-corrected chi connectivity index (χ3v) is 12.9. The molecule has 0 unspecified atom stereocenters. The number of primary amides is 1. The van der Waals surface area contributed by atoms with Crippen LogP contribution in [-0.4, -0.2) is 112 Å². The molecule has 13 N–H and O–H groups in total. The molecule has 21 nitrogen and oxygen atoms in total. The van der Waals surface area contributed by atoms with E-state index >= 15 is 0 Å². The Morgan fingerprint density at radius 3 is 2.20 bits per heavy atom. The number of rotatable bonds is 19. The average Bonchev–Trinajstić information content (AvgIpc) is 3.89. The molecular weight excluding hydrogens is 949 g/mol. The highest BCUT2D eigenvalue weighted by molar-refractivity contribution is 5.98. The van der Waals surface area contributed by atoms with Crippen LogP contribution in [0.5, 0.6) is 0 Å². The van der Waals surface area contributed by atoms with Crippen LogP contribution in [0.25, 0.3) is 10.8 Å². The SMILES string of the molecule is CCCC[C@H](NC(C)=O)C(=O)N[C@H]1CCC(=O)NCC[C@@H](C(=O)N[C@H](Cc2ccc3ccccc3c2)C(N)=O)CC(=O)[C@H](CCCN=C(N)N)CC(=O)[C@@H](Cc2ccccc2)NC(=O)[C@H](Cc2cnc[nH]2)NC1=O. The Bertz CT molecular complexity index is 2600. The standard InChI is InChI=1S/C53H70N12O9/c1-3-4-16-40(61-32(2)66)50(72)62-41-19-20-47(69)58-23-21-38(49(71)64-43(48(54)70)26-34-17-18-35-13-8-9-14-36(35)24-34)28-45(67)37(15-10-22-59-53(55)56)27-46(68)42(25-33-11-6-5-7-12-33)63-52(74)44(65-51(41)73)29-39-30-57-31-60-39/h5-9,11-14,17-18,24,30-31,37-38,40-44H,3-4,10,15-16,19-23,25-29H2,1-2H3,(H2,54,70)(H,57,60)(H,58,69)(H,61,66)(H,62,72)(H,63,74)(H,64,71)(H,65,73)(H4,55,56,59)/t37-,38-,40+,41+,42-,43-,44+/m1/s1. The van der Waals surface area contributed by atoms with Gasteiger partial charge in [-0.1, -0.05) is 92.6 Å². The molecule has 21 heteroatoms. The van der Waals surface area contributed by atoms with E-state index in [4.69, 9.17) is 17.2 Å². The predicted molar refractivity (Wildman–Crippen MR) is 277 cm³/mol. The first-order valence-corrected chi connectivity index (χ1v) is 25.1. The molecule has 7 atom stereocenters. The zero-order chi connectivity index (χ0) is 53.6. The summed E-state index contributed by atoms with van der Waals surface area (Å²) in [5.41, 5.74) is 18.9. The molecule has 4 aromatic rings. The number of nitrogens with zero attached hydrogens (tertiary/aromatic N) is 2. The van der Waals surface area contributed by atoms with E-state index in [2.05, 4.69) is 46.9 Å². The molecule has 0 radical (unpaired) electrons. The van der Waals surface area contributed by atoms with Crippen LogP contribution in [0.1, 0.15) is 94.9 Å². The number of aromatic nitrogens is 2. The van der Waals surface area contributed by atoms with Gasteiger partial charge >= 0.3 is 0 Å². The second-order valence-corrected chi connectivity index (χ2v) is 18.8. The van der Waals surface area contributed by atoms with E-state index in [-0.39, 0.29) is 83.3 Å². The largest absolute Gasteiger partial charge is 0.370 e. The summed E-state index contributed by atoms with van der Waals surface area (Å²) in [6.07, 6.45) is 3.18. The number of nitrogens with one attached hydrogen (secondary N) is 7. The zero-order valence-corrected chi connectivity index (χ0v) is 42.0. The maximum atomic E-state index is 14.7. The molecule has 0 bridgehead atoms. The van der Waals surface area contributed by atoms with Crippen LogP contribution in [0.4, 0.5) is 0 Å². The zero-order valence-electron chi connectivity index (χ0n) is 42.0. The van der Waals surface area contributed by atoms with Crippen molar-refractivity contribution < 1.29 is 43.2 Å². The molecule has 1 aliphatic heterocycles. The lowest BCUT2D eigenvalue weighted by atomic mass is 9.84. The Labute approximate surface area is 430 Å². The number of fused-ring (bicyclic) bond motifs is 1. The lowest BCUT2D eigenvalue weighted by molar-refractivity contribution is -0.135. The van der Waals surface area contributed by atoms with Gasteiger partial charge in [-0.25, -0.2) is 4.98 Å². The van der Waals surface area contributed by atoms with Gasteiger partial charge in [-0.3, -0.25) is 48.1 Å². The summed E-state index contributed by atoms with van der Waals surface area (Å²) >= 11 is 0. The van der Waals surface area contributed by atoms with E-state index in [0.717, 1.165) is 16.3 Å². The summed E-state index contributed by atoms with van der Waals surface area (Å²) < 4.78 is 0. The molecule has 74 heavy (non-hydrogen) atoms. The molecule has 0 saturated carbocycles. The van der Waals surface area contributed by atoms with E-state index < -0.39 is 101 Å². The molecule has 1 fully saturated rings. The van der Waals surface area contributed by atoms with Crippen LogP contribution in [-0.2, 0) is 62.4 Å². The summed E-state index contributed by atoms with van der Waals surface area (Å²) in [5, 5.41) is 18.2. The predicted octanol–water partition coefficient (Wildman–Crippen LogP) is 1.21. The minimum Gasteiger partial charge on any atom is -0.370 e. The van der Waals surface area contributed by atoms with Crippen molar-refractivity contribution in [2.45, 2.75) is 128 Å². The number of hydrogen-bond acceptors (Lipinski definition) is 11. The number of carbonyl (C=O) groups excluding carboxylic acids is 9. The van der Waals surface area contributed by atoms with Gasteiger partial charge in [-0.15, -0.1) is 0 Å². The second kappa shape index (κ2) is 28.9. The fourth-order valence-corrected chi connectivity index (χ4v) is 8.84. The first kappa shape index (κ1) is 56.9. The Morgan fingerprint density at radius 1 is 0.784 bits per heavy atom. The molecule has 1 aromatic heterocycles. The van der Waals surface area contributed by atoms with Gasteiger partial charge in [0.25, 0.3) is 0 Å². The fourth-order valence-electron chi connectivity index (χ4n) is 8.84. The van der Waals surface area contributed by atoms with Gasteiger partial charge in [0.2, 0.25) is 41.4 Å². The molecule has 0 spiro atoms. The quantitative estimate of drug-likeness (QED) is 0.0360. The van der Waals surface area contributed by atoms with E-state index in [1.165, 1.54) is 19.4 Å². The Morgan fingerprint density at radius 2 is 1.51 bits per heavy atom. The Balaban J connectivity index is 1.52. The molecule has 7 amide bonds. The van der Waals surface area contributed by atoms with E-state index in [1.807, 2.05) is 49.4 Å². The minimum absolute atomic E-state index is 0.00342. The van der Waals surface area contributed by atoms with Gasteiger partial charge in [-0.05, 0) is 60.4 Å². The van der Waals surface area contributed by atoms with Gasteiger partial charge in [0.15, 0.2) is 11.7 Å². The van der Waals surface area contributed by atoms with Crippen LogP contribution in [0.2, 0.25) is 0 Å². The number of ketones is 2. The third kappa shape index (κ3) is 18.6. The minimum atomic E-state index is -1.41. The van der Waals surface area contributed by atoms with Crippen molar-refractivity contribution in [3.05, 3.63) is 102 Å². The van der Waals surface area contributed by atoms with Crippen molar-refractivity contribution in [2.24, 2.45) is 34.0 Å². The maximum Gasteiger partial charge on any atom is 0.243 e. The number of H-pyrrole nitrogens is 1. The molecule has 1 aliphatic rings. The van der Waals surface area contributed by atoms with Crippen LogP contribution >= 0.6 is 0 Å². The number of aliphatic imine (C=N–C) groups is 1. The molecule has 3 aromatic carbocycles. The van der Waals surface area contributed by atoms with Crippen molar-refractivity contribution in [3.8, 4) is 0 Å².